The van der Waals surface area contributed by atoms with Gasteiger partial charge >= 0.3 is 0 Å². The Bertz CT molecular complexity index is 984. The molecule has 0 bridgehead atoms. The van der Waals surface area contributed by atoms with Crippen molar-refractivity contribution >= 4 is 29.2 Å². The lowest BCUT2D eigenvalue weighted by molar-refractivity contribution is 0.0606. The molecule has 1 atom stereocenters. The van der Waals surface area contributed by atoms with E-state index in [4.69, 9.17) is 11.5 Å². The minimum atomic E-state index is -1.93. The molecule has 0 aromatic heterocycles. The summed E-state index contributed by atoms with van der Waals surface area (Å²) in [6.07, 6.45) is 16.0. The molecule has 4 N–H and O–H groups in total. The number of nitrogens with two attached hydrogens (primary N) is 2. The number of carbonyl (C=O) groups excluding carboxylic acids is 3. The van der Waals surface area contributed by atoms with Gasteiger partial charge in [0.25, 0.3) is 0 Å². The summed E-state index contributed by atoms with van der Waals surface area (Å²) >= 11 is 0. The van der Waals surface area contributed by atoms with Gasteiger partial charge in [-0.3, -0.25) is 14.4 Å². The molecule has 5 heteroatoms. The summed E-state index contributed by atoms with van der Waals surface area (Å²) in [5, 5.41) is 0. The number of Topliss-reactive ketones (excluding diaryl/α,β-unsaturated/α-hetero) is 2. The highest BCUT2D eigenvalue weighted by atomic mass is 16.2. The quantitative estimate of drug-likeness (QED) is 0.0747. The molecule has 0 aliphatic carbocycles. The molecule has 0 spiro atoms. The van der Waals surface area contributed by atoms with Gasteiger partial charge in [-0.25, -0.2) is 0 Å². The van der Waals surface area contributed by atoms with Gasteiger partial charge < -0.3 is 11.5 Å². The third-order valence-corrected chi connectivity index (χ3v) is 8.13. The molecule has 2 rings (SSSR count). The summed E-state index contributed by atoms with van der Waals surface area (Å²) in [4.78, 5) is 40.9. The average molecular weight is 548 g/mol. The van der Waals surface area contributed by atoms with Gasteiger partial charge in [0.15, 0.2) is 17.0 Å². The molecule has 0 aliphatic rings. The highest BCUT2D eigenvalue weighted by molar-refractivity contribution is 6.28. The number of rotatable bonds is 20. The normalized spacial score (nSPS) is 12.6. The molecule has 2 aromatic carbocycles. The van der Waals surface area contributed by atoms with E-state index in [2.05, 4.69) is 13.8 Å². The summed E-state index contributed by atoms with van der Waals surface area (Å²) in [5.74, 6) is -0.789. The van der Waals surface area contributed by atoms with Crippen molar-refractivity contribution in [1.82, 2.24) is 0 Å². The maximum Gasteiger partial charge on any atom is 0.222 e. The van der Waals surface area contributed by atoms with Crippen LogP contribution in [-0.2, 0) is 4.79 Å². The third-order valence-electron chi connectivity index (χ3n) is 8.13. The molecule has 5 nitrogen and oxygen atoms in total. The van der Waals surface area contributed by atoms with Crippen molar-refractivity contribution in [2.24, 2.45) is 23.2 Å². The van der Waals surface area contributed by atoms with Gasteiger partial charge in [0.05, 0.1) is 0 Å². The molecule has 219 valence electrons. The van der Waals surface area contributed by atoms with Gasteiger partial charge in [0, 0.05) is 22.5 Å². The number of hydrogen-bond donors (Lipinski definition) is 2. The van der Waals surface area contributed by atoms with Crippen LogP contribution in [0, 0.1) is 23.2 Å². The molecule has 0 saturated carbocycles. The van der Waals surface area contributed by atoms with Crippen molar-refractivity contribution in [1.29, 1.82) is 0 Å². The van der Waals surface area contributed by atoms with Crippen LogP contribution >= 0.6 is 0 Å². The molecule has 2 aromatic rings. The molecule has 0 aliphatic heterocycles. The summed E-state index contributed by atoms with van der Waals surface area (Å²) in [6, 6.07) is 12.8. The minimum absolute atomic E-state index is 0.0763. The molecule has 0 amide bonds. The highest BCUT2D eigenvalue weighted by Gasteiger charge is 2.53. The van der Waals surface area contributed by atoms with E-state index in [1.165, 1.54) is 51.4 Å². The summed E-state index contributed by atoms with van der Waals surface area (Å²) < 4.78 is 0. The monoisotopic (exact) mass is 547 g/mol. The SMILES string of the molecule is CC(C)CCCCCCCCCCCCC(C(C)C)C([C]=O)(C(=O)c1ccc(N)cc1)C(=O)c1ccc(N)cc1. The van der Waals surface area contributed by atoms with Gasteiger partial charge in [-0.05, 0) is 72.7 Å². The van der Waals surface area contributed by atoms with E-state index < -0.39 is 22.9 Å². The van der Waals surface area contributed by atoms with Crippen LogP contribution in [-0.4, -0.2) is 17.9 Å². The van der Waals surface area contributed by atoms with E-state index in [-0.39, 0.29) is 17.0 Å². The Balaban J connectivity index is 2.07. The lowest BCUT2D eigenvalue weighted by Gasteiger charge is -2.36. The van der Waals surface area contributed by atoms with Gasteiger partial charge in [0.1, 0.15) is 0 Å². The molecule has 1 radical (unpaired) electrons. The largest absolute Gasteiger partial charge is 0.399 e. The first-order valence-electron chi connectivity index (χ1n) is 15.3. The van der Waals surface area contributed by atoms with Crippen LogP contribution in [0.1, 0.15) is 125 Å². The predicted molar refractivity (Wildman–Crippen MR) is 167 cm³/mol. The van der Waals surface area contributed by atoms with E-state index in [0.717, 1.165) is 25.2 Å². The second-order valence-electron chi connectivity index (χ2n) is 12.2. The first kappa shape index (κ1) is 33.3. The first-order valence-corrected chi connectivity index (χ1v) is 15.3. The molecule has 0 heterocycles. The molecule has 40 heavy (non-hydrogen) atoms. The van der Waals surface area contributed by atoms with Crippen LogP contribution in [0.25, 0.3) is 0 Å². The van der Waals surface area contributed by atoms with E-state index in [0.29, 0.717) is 17.8 Å². The van der Waals surface area contributed by atoms with Crippen LogP contribution in [0.4, 0.5) is 11.4 Å². The van der Waals surface area contributed by atoms with Crippen molar-refractivity contribution in [2.75, 3.05) is 11.5 Å². The van der Waals surface area contributed by atoms with Crippen molar-refractivity contribution in [3.63, 3.8) is 0 Å². The van der Waals surface area contributed by atoms with Crippen molar-refractivity contribution in [2.45, 2.75) is 105 Å². The second kappa shape index (κ2) is 17.0. The Labute approximate surface area is 242 Å². The Morgan fingerprint density at radius 3 is 1.30 bits per heavy atom. The number of nitrogen functional groups attached to an aromatic ring is 2. The Hall–Kier alpha value is -2.95. The maximum atomic E-state index is 14.0. The fraction of sp³-hybridized carbons (Fsp3) is 0.571. The van der Waals surface area contributed by atoms with Crippen molar-refractivity contribution in [3.8, 4) is 0 Å². The van der Waals surface area contributed by atoms with Gasteiger partial charge in [-0.15, -0.1) is 0 Å². The van der Waals surface area contributed by atoms with Gasteiger partial charge in [0.2, 0.25) is 6.29 Å². The molecule has 0 saturated heterocycles. The zero-order valence-corrected chi connectivity index (χ0v) is 25.2. The van der Waals surface area contributed by atoms with Crippen LogP contribution in [0.2, 0.25) is 0 Å². The van der Waals surface area contributed by atoms with E-state index >= 15 is 0 Å². The molecule has 1 unspecified atom stereocenters. The Morgan fingerprint density at radius 1 is 0.625 bits per heavy atom. The zero-order valence-electron chi connectivity index (χ0n) is 25.2. The highest BCUT2D eigenvalue weighted by Crippen LogP contribution is 2.41. The molecular formula is C35H51N2O3. The zero-order chi connectivity index (χ0) is 29.5. The molecule has 0 fully saturated rings. The summed E-state index contributed by atoms with van der Waals surface area (Å²) in [5.41, 5.74) is 11.3. The number of hydrogen-bond acceptors (Lipinski definition) is 5. The Kier molecular flexibility index (Phi) is 14.1. The van der Waals surface area contributed by atoms with E-state index in [1.54, 1.807) is 48.5 Å². The predicted octanol–water partition coefficient (Wildman–Crippen LogP) is 8.62. The van der Waals surface area contributed by atoms with E-state index in [9.17, 15) is 14.4 Å². The summed E-state index contributed by atoms with van der Waals surface area (Å²) in [7, 11) is 0. The fourth-order valence-corrected chi connectivity index (χ4v) is 5.71. The van der Waals surface area contributed by atoms with Crippen molar-refractivity contribution < 1.29 is 14.4 Å². The average Bonchev–Trinajstić information content (AvgIpc) is 2.93. The number of unbranched alkanes of at least 4 members (excludes halogenated alkanes) is 9. The second-order valence-corrected chi connectivity index (χ2v) is 12.2. The lowest BCUT2D eigenvalue weighted by Crippen LogP contribution is -2.49. The summed E-state index contributed by atoms with van der Waals surface area (Å²) in [6.45, 7) is 8.53. The fourth-order valence-electron chi connectivity index (χ4n) is 5.71. The number of ketones is 2. The topological polar surface area (TPSA) is 103 Å². The minimum Gasteiger partial charge on any atom is -0.399 e. The molecular weight excluding hydrogens is 496 g/mol. The van der Waals surface area contributed by atoms with Crippen LogP contribution in [0.15, 0.2) is 48.5 Å². The smallest absolute Gasteiger partial charge is 0.222 e. The Morgan fingerprint density at radius 2 is 0.975 bits per heavy atom. The number of carbonyl (C=O) groups is 2. The van der Waals surface area contributed by atoms with Crippen LogP contribution in [0.3, 0.4) is 0 Å². The van der Waals surface area contributed by atoms with Crippen LogP contribution < -0.4 is 11.5 Å². The van der Waals surface area contributed by atoms with Crippen LogP contribution in [0.5, 0.6) is 0 Å². The standard InChI is InChI=1S/C35H51N2O3/c1-26(2)15-13-11-9-7-5-6-8-10-12-14-16-32(27(3)4)35(25-38,33(39)28-17-21-30(36)22-18-28)34(40)29-19-23-31(37)24-20-29/h17-24,26-27,32H,5-16,36-37H2,1-4H3. The number of anilines is 2. The van der Waals surface area contributed by atoms with E-state index in [1.807, 2.05) is 20.1 Å². The number of benzene rings is 2. The maximum absolute atomic E-state index is 14.0. The third kappa shape index (κ3) is 9.60. The van der Waals surface area contributed by atoms with Crippen molar-refractivity contribution in [3.05, 3.63) is 59.7 Å². The van der Waals surface area contributed by atoms with Gasteiger partial charge in [-0.1, -0.05) is 98.3 Å². The lowest BCUT2D eigenvalue weighted by atomic mass is 9.62. The van der Waals surface area contributed by atoms with Gasteiger partial charge in [-0.2, -0.15) is 0 Å². The first-order chi connectivity index (χ1) is 19.1.